The van der Waals surface area contributed by atoms with Gasteiger partial charge in [0.2, 0.25) is 5.78 Å². The Labute approximate surface area is 156 Å². The van der Waals surface area contributed by atoms with Crippen molar-refractivity contribution in [3.05, 3.63) is 34.6 Å². The Hall–Kier alpha value is -1.90. The second-order valence-corrected chi connectivity index (χ2v) is 7.46. The zero-order chi connectivity index (χ0) is 17.9. The molecule has 3 aromatic rings. The first-order valence-electron chi connectivity index (χ1n) is 9.09. The van der Waals surface area contributed by atoms with Gasteiger partial charge < -0.3 is 4.74 Å². The Morgan fingerprint density at radius 1 is 1.15 bits per heavy atom. The quantitative estimate of drug-likeness (QED) is 0.615. The van der Waals surface area contributed by atoms with Gasteiger partial charge in [0.25, 0.3) is 5.56 Å². The van der Waals surface area contributed by atoms with Crippen LogP contribution in [-0.4, -0.2) is 62.7 Å². The van der Waals surface area contributed by atoms with Crippen molar-refractivity contribution in [3.8, 4) is 0 Å². The molecule has 1 aliphatic heterocycles. The van der Waals surface area contributed by atoms with E-state index in [-0.39, 0.29) is 5.56 Å². The Morgan fingerprint density at radius 2 is 1.96 bits per heavy atom. The summed E-state index contributed by atoms with van der Waals surface area (Å²) < 4.78 is 9.16. The average molecular weight is 373 g/mol. The summed E-state index contributed by atoms with van der Waals surface area (Å²) in [5.41, 5.74) is 0.881. The molecule has 0 atom stereocenters. The van der Waals surface area contributed by atoms with Gasteiger partial charge in [-0.05, 0) is 18.6 Å². The molecule has 0 amide bonds. The second kappa shape index (κ2) is 7.77. The number of benzene rings is 1. The minimum atomic E-state index is 0.00668. The predicted octanol–water partition coefficient (Wildman–Crippen LogP) is 1.88. The van der Waals surface area contributed by atoms with E-state index in [1.807, 2.05) is 28.7 Å². The lowest BCUT2D eigenvalue weighted by atomic mass is 10.2. The number of aryl methyl sites for hydroxylation is 1. The normalized spacial score (nSPS) is 15.9. The zero-order valence-corrected chi connectivity index (χ0v) is 15.7. The number of hydrogen-bond donors (Lipinski definition) is 0. The van der Waals surface area contributed by atoms with Gasteiger partial charge in [0.15, 0.2) is 5.16 Å². The van der Waals surface area contributed by atoms with Crippen molar-refractivity contribution in [1.29, 1.82) is 0 Å². The van der Waals surface area contributed by atoms with Gasteiger partial charge in [0.1, 0.15) is 0 Å². The van der Waals surface area contributed by atoms with Gasteiger partial charge in [0.05, 0.1) is 24.1 Å². The van der Waals surface area contributed by atoms with E-state index in [1.165, 1.54) is 0 Å². The molecule has 4 rings (SSSR count). The zero-order valence-electron chi connectivity index (χ0n) is 14.9. The number of para-hydroxylation sites is 1. The van der Waals surface area contributed by atoms with Crippen LogP contribution < -0.4 is 5.56 Å². The third kappa shape index (κ3) is 3.24. The first-order chi connectivity index (χ1) is 12.8. The molecule has 0 unspecified atom stereocenters. The topological polar surface area (TPSA) is 64.7 Å². The van der Waals surface area contributed by atoms with Crippen molar-refractivity contribution in [1.82, 2.24) is 24.1 Å². The molecular weight excluding hydrogens is 350 g/mol. The van der Waals surface area contributed by atoms with Crippen LogP contribution in [0.15, 0.2) is 34.2 Å². The van der Waals surface area contributed by atoms with Crippen LogP contribution in [0.4, 0.5) is 0 Å². The number of hydrogen-bond acceptors (Lipinski definition) is 6. The third-order valence-electron chi connectivity index (χ3n) is 4.67. The van der Waals surface area contributed by atoms with Gasteiger partial charge in [-0.3, -0.25) is 18.7 Å². The van der Waals surface area contributed by atoms with Crippen LogP contribution in [0.2, 0.25) is 0 Å². The summed E-state index contributed by atoms with van der Waals surface area (Å²) in [6.45, 7) is 7.30. The number of aromatic nitrogens is 4. The van der Waals surface area contributed by atoms with E-state index >= 15 is 0 Å². The van der Waals surface area contributed by atoms with E-state index < -0.39 is 0 Å². The molecule has 3 heterocycles. The van der Waals surface area contributed by atoms with Gasteiger partial charge in [-0.1, -0.05) is 30.8 Å². The Kier molecular flexibility index (Phi) is 5.23. The van der Waals surface area contributed by atoms with E-state index in [2.05, 4.69) is 22.0 Å². The van der Waals surface area contributed by atoms with Crippen molar-refractivity contribution < 1.29 is 4.74 Å². The fraction of sp³-hybridized carbons (Fsp3) is 0.500. The molecule has 0 saturated carbocycles. The van der Waals surface area contributed by atoms with E-state index in [0.29, 0.717) is 17.7 Å². The lowest BCUT2D eigenvalue weighted by Gasteiger charge is -2.26. The summed E-state index contributed by atoms with van der Waals surface area (Å²) in [7, 11) is 0. The molecule has 0 spiro atoms. The predicted molar refractivity (Wildman–Crippen MR) is 103 cm³/mol. The summed E-state index contributed by atoms with van der Waals surface area (Å²) in [6.07, 6.45) is 0.875. The van der Waals surface area contributed by atoms with E-state index in [0.717, 1.165) is 55.7 Å². The fourth-order valence-corrected chi connectivity index (χ4v) is 4.28. The molecule has 0 N–H and O–H groups in total. The lowest BCUT2D eigenvalue weighted by Crippen LogP contribution is -2.37. The molecule has 1 aliphatic rings. The smallest absolute Gasteiger partial charge is 0.262 e. The van der Waals surface area contributed by atoms with Crippen LogP contribution in [0, 0.1) is 0 Å². The monoisotopic (exact) mass is 373 g/mol. The molecular formula is C18H23N5O2S. The van der Waals surface area contributed by atoms with E-state index in [9.17, 15) is 4.79 Å². The number of rotatable bonds is 6. The van der Waals surface area contributed by atoms with Crippen molar-refractivity contribution in [2.45, 2.75) is 25.0 Å². The third-order valence-corrected chi connectivity index (χ3v) is 5.58. The number of fused-ring (bicyclic) bond motifs is 3. The van der Waals surface area contributed by atoms with Crippen molar-refractivity contribution in [2.24, 2.45) is 0 Å². The number of ether oxygens (including phenoxy) is 1. The number of morpholine rings is 1. The Bertz CT molecular complexity index is 961. The first-order valence-corrected chi connectivity index (χ1v) is 10.1. The molecule has 8 heteroatoms. The standard InChI is InChI=1S/C18H23N5O2S/c1-2-7-22-16(24)14-5-3-4-6-15(14)23-17(22)19-20-18(23)26-13-10-21-8-11-25-12-9-21/h3-6H,2,7-13H2,1H3. The largest absolute Gasteiger partial charge is 0.379 e. The molecule has 0 aliphatic carbocycles. The van der Waals surface area contributed by atoms with Crippen LogP contribution >= 0.6 is 11.8 Å². The van der Waals surface area contributed by atoms with Crippen molar-refractivity contribution in [2.75, 3.05) is 38.6 Å². The molecule has 0 radical (unpaired) electrons. The minimum Gasteiger partial charge on any atom is -0.379 e. The summed E-state index contributed by atoms with van der Waals surface area (Å²) in [4.78, 5) is 15.2. The molecule has 2 aromatic heterocycles. The maximum absolute atomic E-state index is 12.8. The molecule has 1 saturated heterocycles. The highest BCUT2D eigenvalue weighted by Crippen LogP contribution is 2.21. The first kappa shape index (κ1) is 17.5. The second-order valence-electron chi connectivity index (χ2n) is 6.39. The molecule has 26 heavy (non-hydrogen) atoms. The lowest BCUT2D eigenvalue weighted by molar-refractivity contribution is 0.0410. The molecule has 7 nitrogen and oxygen atoms in total. The van der Waals surface area contributed by atoms with Gasteiger partial charge in [-0.2, -0.15) is 0 Å². The SMILES string of the molecule is CCCn1c(=O)c2ccccc2n2c(SCCN3CCOCC3)nnc12. The van der Waals surface area contributed by atoms with Crippen LogP contribution in [0.25, 0.3) is 16.7 Å². The molecule has 1 fully saturated rings. The van der Waals surface area contributed by atoms with Gasteiger partial charge >= 0.3 is 0 Å². The van der Waals surface area contributed by atoms with Gasteiger partial charge in [-0.15, -0.1) is 10.2 Å². The van der Waals surface area contributed by atoms with Crippen LogP contribution in [0.5, 0.6) is 0 Å². The Balaban J connectivity index is 1.68. The average Bonchev–Trinajstić information content (AvgIpc) is 3.10. The minimum absolute atomic E-state index is 0.00668. The molecule has 1 aromatic carbocycles. The van der Waals surface area contributed by atoms with Crippen LogP contribution in [0.3, 0.4) is 0 Å². The summed E-state index contributed by atoms with van der Waals surface area (Å²) >= 11 is 1.69. The van der Waals surface area contributed by atoms with E-state index in [1.54, 1.807) is 16.3 Å². The highest BCUT2D eigenvalue weighted by Gasteiger charge is 2.17. The molecule has 0 bridgehead atoms. The van der Waals surface area contributed by atoms with Crippen LogP contribution in [0.1, 0.15) is 13.3 Å². The summed E-state index contributed by atoms with van der Waals surface area (Å²) in [5.74, 6) is 1.56. The number of nitrogens with zero attached hydrogens (tertiary/aromatic N) is 5. The maximum atomic E-state index is 12.8. The number of thioether (sulfide) groups is 1. The van der Waals surface area contributed by atoms with E-state index in [4.69, 9.17) is 4.74 Å². The van der Waals surface area contributed by atoms with Gasteiger partial charge in [0, 0.05) is 31.9 Å². The van der Waals surface area contributed by atoms with Crippen molar-refractivity contribution >= 4 is 28.4 Å². The van der Waals surface area contributed by atoms with Crippen LogP contribution in [-0.2, 0) is 11.3 Å². The summed E-state index contributed by atoms with van der Waals surface area (Å²) in [6, 6.07) is 7.70. The fourth-order valence-electron chi connectivity index (χ4n) is 3.34. The highest BCUT2D eigenvalue weighted by molar-refractivity contribution is 7.99. The summed E-state index contributed by atoms with van der Waals surface area (Å²) in [5, 5.41) is 10.3. The van der Waals surface area contributed by atoms with Crippen molar-refractivity contribution in [3.63, 3.8) is 0 Å². The maximum Gasteiger partial charge on any atom is 0.262 e. The Morgan fingerprint density at radius 3 is 2.77 bits per heavy atom. The van der Waals surface area contributed by atoms with Gasteiger partial charge in [-0.25, -0.2) is 0 Å². The molecule has 138 valence electrons. The highest BCUT2D eigenvalue weighted by atomic mass is 32.2.